The van der Waals surface area contributed by atoms with Crippen molar-refractivity contribution in [2.45, 2.75) is 13.1 Å². The molecule has 0 aromatic heterocycles. The second kappa shape index (κ2) is 10.0. The zero-order valence-corrected chi connectivity index (χ0v) is 13.4. The van der Waals surface area contributed by atoms with E-state index in [9.17, 15) is 0 Å². The molecule has 3 aromatic rings. The largest absolute Gasteiger partial charge is 0.508 e. The highest BCUT2D eigenvalue weighted by atomic mass is 16.3. The van der Waals surface area contributed by atoms with Crippen LogP contribution in [0.4, 0.5) is 0 Å². The van der Waals surface area contributed by atoms with Crippen LogP contribution in [-0.2, 0) is 13.1 Å². The van der Waals surface area contributed by atoms with Crippen LogP contribution in [0.15, 0.2) is 84.9 Å². The molecule has 0 heterocycles. The molecule has 0 radical (unpaired) electrons. The summed E-state index contributed by atoms with van der Waals surface area (Å²) in [6, 6.07) is 26.5. The molecule has 0 fully saturated rings. The first-order valence-corrected chi connectivity index (χ1v) is 7.75. The fourth-order valence-corrected chi connectivity index (χ4v) is 2.01. The van der Waals surface area contributed by atoms with Gasteiger partial charge < -0.3 is 10.2 Å². The molecule has 4 N–H and O–H groups in total. The van der Waals surface area contributed by atoms with E-state index in [-0.39, 0.29) is 11.5 Å². The maximum absolute atomic E-state index is 8.65. The third kappa shape index (κ3) is 6.96. The third-order valence-electron chi connectivity index (χ3n) is 3.23. The number of nitrogens with one attached hydrogen (secondary N) is 2. The van der Waals surface area contributed by atoms with E-state index in [1.54, 1.807) is 6.07 Å². The van der Waals surface area contributed by atoms with Gasteiger partial charge in [0.2, 0.25) is 0 Å². The molecule has 24 heavy (non-hydrogen) atoms. The normalized spacial score (nSPS) is 9.83. The van der Waals surface area contributed by atoms with Gasteiger partial charge >= 0.3 is 0 Å². The van der Waals surface area contributed by atoms with E-state index in [0.717, 1.165) is 13.1 Å². The highest BCUT2D eigenvalue weighted by molar-refractivity contribution is 5.30. The number of hydrogen-bond donors (Lipinski definition) is 4. The Morgan fingerprint density at radius 2 is 0.958 bits per heavy atom. The molecule has 0 saturated heterocycles. The number of hydrogen-bond acceptors (Lipinski definition) is 4. The summed E-state index contributed by atoms with van der Waals surface area (Å²) in [5, 5.41) is 17.3. The summed E-state index contributed by atoms with van der Waals surface area (Å²) in [6.07, 6.45) is 0. The summed E-state index contributed by atoms with van der Waals surface area (Å²) in [4.78, 5) is 0. The lowest BCUT2D eigenvalue weighted by molar-refractivity contribution is 0.450. The van der Waals surface area contributed by atoms with Crippen LogP contribution in [-0.4, -0.2) is 10.2 Å². The van der Waals surface area contributed by atoms with Crippen molar-refractivity contribution in [3.63, 3.8) is 0 Å². The molecule has 0 saturated carbocycles. The van der Waals surface area contributed by atoms with Crippen molar-refractivity contribution in [1.29, 1.82) is 0 Å². The first-order valence-electron chi connectivity index (χ1n) is 7.75. The Labute approximate surface area is 142 Å². The van der Waals surface area contributed by atoms with E-state index < -0.39 is 0 Å². The highest BCUT2D eigenvalue weighted by Crippen LogP contribution is 2.14. The number of hydrazine groups is 1. The van der Waals surface area contributed by atoms with Gasteiger partial charge in [-0.3, -0.25) is 10.9 Å². The van der Waals surface area contributed by atoms with E-state index in [1.165, 1.54) is 29.3 Å². The van der Waals surface area contributed by atoms with E-state index in [4.69, 9.17) is 10.2 Å². The molecule has 4 heteroatoms. The maximum atomic E-state index is 8.65. The molecule has 0 atom stereocenters. The van der Waals surface area contributed by atoms with Crippen LogP contribution < -0.4 is 10.9 Å². The minimum Gasteiger partial charge on any atom is -0.508 e. The van der Waals surface area contributed by atoms with E-state index in [1.807, 2.05) is 36.4 Å². The average Bonchev–Trinajstić information content (AvgIpc) is 2.61. The fourth-order valence-electron chi connectivity index (χ4n) is 2.01. The Morgan fingerprint density at radius 1 is 0.542 bits per heavy atom. The SMILES string of the molecule is Oc1cccc(O)c1.c1ccc(CNNCc2ccccc2)cc1. The van der Waals surface area contributed by atoms with Gasteiger partial charge in [-0.1, -0.05) is 66.7 Å². The summed E-state index contributed by atoms with van der Waals surface area (Å²) < 4.78 is 0. The summed E-state index contributed by atoms with van der Waals surface area (Å²) in [5.74, 6) is 0.176. The number of phenols is 2. The molecule has 0 unspecified atom stereocenters. The van der Waals surface area contributed by atoms with E-state index in [0.29, 0.717) is 0 Å². The molecular weight excluding hydrogens is 300 g/mol. The maximum Gasteiger partial charge on any atom is 0.119 e. The van der Waals surface area contributed by atoms with Gasteiger partial charge in [-0.15, -0.1) is 0 Å². The molecule has 4 nitrogen and oxygen atoms in total. The Kier molecular flexibility index (Phi) is 7.34. The molecule has 0 bridgehead atoms. The standard InChI is InChI=1S/C14H16N2.C6H6O2/c1-3-7-13(8-4-1)11-15-16-12-14-9-5-2-6-10-14;7-5-2-1-3-6(8)4-5/h1-10,15-16H,11-12H2;1-4,7-8H. The van der Waals surface area contributed by atoms with Crippen molar-refractivity contribution in [2.24, 2.45) is 0 Å². The van der Waals surface area contributed by atoms with Crippen LogP contribution >= 0.6 is 0 Å². The fraction of sp³-hybridized carbons (Fsp3) is 0.100. The molecular formula is C20H22N2O2. The van der Waals surface area contributed by atoms with Gasteiger partial charge in [0.25, 0.3) is 0 Å². The number of aromatic hydroxyl groups is 2. The van der Waals surface area contributed by atoms with Crippen LogP contribution in [0.3, 0.4) is 0 Å². The summed E-state index contributed by atoms with van der Waals surface area (Å²) >= 11 is 0. The van der Waals surface area contributed by atoms with Crippen LogP contribution in [0.1, 0.15) is 11.1 Å². The zero-order valence-electron chi connectivity index (χ0n) is 13.4. The molecule has 0 aliphatic heterocycles. The third-order valence-corrected chi connectivity index (χ3v) is 3.23. The lowest BCUT2D eigenvalue weighted by Gasteiger charge is -2.06. The van der Waals surface area contributed by atoms with E-state index >= 15 is 0 Å². The molecule has 0 aliphatic rings. The van der Waals surface area contributed by atoms with Gasteiger partial charge in [-0.2, -0.15) is 0 Å². The second-order valence-corrected chi connectivity index (χ2v) is 5.20. The van der Waals surface area contributed by atoms with E-state index in [2.05, 4.69) is 35.1 Å². The van der Waals surface area contributed by atoms with Gasteiger partial charge in [-0.05, 0) is 23.3 Å². The van der Waals surface area contributed by atoms with Crippen molar-refractivity contribution in [1.82, 2.24) is 10.9 Å². The number of benzene rings is 3. The number of phenolic OH excluding ortho intramolecular Hbond substituents is 2. The van der Waals surface area contributed by atoms with Gasteiger partial charge in [0.1, 0.15) is 11.5 Å². The Morgan fingerprint density at radius 3 is 1.29 bits per heavy atom. The molecule has 0 amide bonds. The molecule has 0 spiro atoms. The Hall–Kier alpha value is -2.82. The van der Waals surface area contributed by atoms with Crippen LogP contribution in [0.2, 0.25) is 0 Å². The minimum atomic E-state index is 0.0880. The predicted octanol–water partition coefficient (Wildman–Crippen LogP) is 3.58. The Bertz CT molecular complexity index is 644. The van der Waals surface area contributed by atoms with Gasteiger partial charge in [0.15, 0.2) is 0 Å². The molecule has 3 rings (SSSR count). The molecule has 124 valence electrons. The smallest absolute Gasteiger partial charge is 0.119 e. The van der Waals surface area contributed by atoms with Crippen LogP contribution in [0, 0.1) is 0 Å². The van der Waals surface area contributed by atoms with Crippen LogP contribution in [0.25, 0.3) is 0 Å². The zero-order chi connectivity index (χ0) is 17.0. The predicted molar refractivity (Wildman–Crippen MR) is 96.3 cm³/mol. The van der Waals surface area contributed by atoms with Crippen molar-refractivity contribution < 1.29 is 10.2 Å². The van der Waals surface area contributed by atoms with Crippen molar-refractivity contribution >= 4 is 0 Å². The quantitative estimate of drug-likeness (QED) is 0.428. The van der Waals surface area contributed by atoms with Gasteiger partial charge in [0.05, 0.1) is 0 Å². The summed E-state index contributed by atoms with van der Waals surface area (Å²) in [7, 11) is 0. The van der Waals surface area contributed by atoms with Crippen molar-refractivity contribution in [2.75, 3.05) is 0 Å². The molecule has 3 aromatic carbocycles. The summed E-state index contributed by atoms with van der Waals surface area (Å²) in [5.41, 5.74) is 8.96. The van der Waals surface area contributed by atoms with Crippen LogP contribution in [0.5, 0.6) is 11.5 Å². The minimum absolute atomic E-state index is 0.0880. The topological polar surface area (TPSA) is 64.5 Å². The van der Waals surface area contributed by atoms with Gasteiger partial charge in [-0.25, -0.2) is 0 Å². The summed E-state index contributed by atoms with van der Waals surface area (Å²) in [6.45, 7) is 1.68. The molecule has 0 aliphatic carbocycles. The monoisotopic (exact) mass is 322 g/mol. The lowest BCUT2D eigenvalue weighted by Crippen LogP contribution is -2.30. The second-order valence-electron chi connectivity index (χ2n) is 5.20. The van der Waals surface area contributed by atoms with Gasteiger partial charge in [0, 0.05) is 19.2 Å². The first-order chi connectivity index (χ1) is 11.7. The number of rotatable bonds is 5. The van der Waals surface area contributed by atoms with Crippen molar-refractivity contribution in [3.05, 3.63) is 96.1 Å². The first kappa shape index (κ1) is 17.5. The Balaban J connectivity index is 0.000000219. The average molecular weight is 322 g/mol. The highest BCUT2D eigenvalue weighted by Gasteiger charge is 1.91. The lowest BCUT2D eigenvalue weighted by atomic mass is 10.2. The van der Waals surface area contributed by atoms with Crippen molar-refractivity contribution in [3.8, 4) is 11.5 Å².